The van der Waals surface area contributed by atoms with E-state index in [0.717, 1.165) is 13.1 Å². The lowest BCUT2D eigenvalue weighted by atomic mass is 10.3. The molecule has 8 heteroatoms. The molecule has 112 valence electrons. The van der Waals surface area contributed by atoms with Crippen molar-refractivity contribution in [1.29, 1.82) is 0 Å². The van der Waals surface area contributed by atoms with Crippen LogP contribution in [0.4, 0.5) is 22.0 Å². The first-order valence-corrected chi connectivity index (χ1v) is 6.76. The molecule has 2 rings (SSSR count). The summed E-state index contributed by atoms with van der Waals surface area (Å²) in [4.78, 5) is 14.2. The second-order valence-electron chi connectivity index (χ2n) is 4.39. The number of aromatic nitrogens is 3. The lowest BCUT2D eigenvalue weighted by Crippen LogP contribution is -2.28. The van der Waals surface area contributed by atoms with Crippen molar-refractivity contribution in [2.75, 3.05) is 37.4 Å². The zero-order valence-corrected chi connectivity index (χ0v) is 12.5. The molecule has 0 aliphatic heterocycles. The fraction of sp³-hybridized carbons (Fsp3) is 0.308. The Balaban J connectivity index is 2.18. The zero-order valence-electron chi connectivity index (χ0n) is 11.8. The molecule has 1 aromatic carbocycles. The van der Waals surface area contributed by atoms with E-state index < -0.39 is 0 Å². The topological polar surface area (TPSA) is 66.0 Å². The molecule has 0 aliphatic rings. The molecule has 0 bridgehead atoms. The van der Waals surface area contributed by atoms with E-state index in [4.69, 9.17) is 11.6 Å². The molecule has 6 nitrogen and oxygen atoms in total. The van der Waals surface area contributed by atoms with Gasteiger partial charge in [0.1, 0.15) is 5.82 Å². The SMILES string of the molecule is CNCCN(C)c1nc(Cl)nc(Nc2cccc(F)c2)n1. The lowest BCUT2D eigenvalue weighted by Gasteiger charge is -2.17. The second kappa shape index (κ2) is 7.14. The number of hydrogen-bond donors (Lipinski definition) is 2. The minimum absolute atomic E-state index is 0.0789. The van der Waals surface area contributed by atoms with E-state index in [0.29, 0.717) is 11.6 Å². The first-order chi connectivity index (χ1) is 10.1. The van der Waals surface area contributed by atoms with Crippen molar-refractivity contribution in [2.45, 2.75) is 0 Å². The van der Waals surface area contributed by atoms with Crippen molar-refractivity contribution in [1.82, 2.24) is 20.3 Å². The average molecular weight is 311 g/mol. The van der Waals surface area contributed by atoms with Crippen LogP contribution in [-0.4, -0.2) is 42.1 Å². The van der Waals surface area contributed by atoms with Crippen molar-refractivity contribution >= 4 is 29.2 Å². The third-order valence-electron chi connectivity index (χ3n) is 2.72. The van der Waals surface area contributed by atoms with Gasteiger partial charge in [0.2, 0.25) is 17.2 Å². The summed E-state index contributed by atoms with van der Waals surface area (Å²) >= 11 is 5.91. The Labute approximate surface area is 127 Å². The van der Waals surface area contributed by atoms with Crippen LogP contribution < -0.4 is 15.5 Å². The summed E-state index contributed by atoms with van der Waals surface area (Å²) < 4.78 is 13.2. The first kappa shape index (κ1) is 15.4. The van der Waals surface area contributed by atoms with Gasteiger partial charge in [-0.2, -0.15) is 15.0 Å². The summed E-state index contributed by atoms with van der Waals surface area (Å²) in [6, 6.07) is 6.02. The van der Waals surface area contributed by atoms with Crippen LogP contribution in [0.25, 0.3) is 0 Å². The van der Waals surface area contributed by atoms with Gasteiger partial charge in [0, 0.05) is 25.8 Å². The number of nitrogens with one attached hydrogen (secondary N) is 2. The molecule has 0 amide bonds. The van der Waals surface area contributed by atoms with E-state index in [9.17, 15) is 4.39 Å². The van der Waals surface area contributed by atoms with E-state index in [-0.39, 0.29) is 17.0 Å². The van der Waals surface area contributed by atoms with Crippen LogP contribution in [0, 0.1) is 5.82 Å². The van der Waals surface area contributed by atoms with E-state index in [1.54, 1.807) is 12.1 Å². The summed E-state index contributed by atoms with van der Waals surface area (Å²) in [6.07, 6.45) is 0. The van der Waals surface area contributed by atoms with Crippen LogP contribution in [0.2, 0.25) is 5.28 Å². The Morgan fingerprint density at radius 1 is 1.29 bits per heavy atom. The normalized spacial score (nSPS) is 10.5. The summed E-state index contributed by atoms with van der Waals surface area (Å²) in [5.74, 6) is 0.377. The first-order valence-electron chi connectivity index (χ1n) is 6.38. The number of hydrogen-bond acceptors (Lipinski definition) is 6. The molecule has 2 aromatic rings. The highest BCUT2D eigenvalue weighted by Crippen LogP contribution is 2.17. The molecule has 2 N–H and O–H groups in total. The van der Waals surface area contributed by atoms with Crippen molar-refractivity contribution in [3.8, 4) is 0 Å². The summed E-state index contributed by atoms with van der Waals surface area (Å²) in [5.41, 5.74) is 0.543. The van der Waals surface area contributed by atoms with Gasteiger partial charge in [-0.25, -0.2) is 4.39 Å². The van der Waals surface area contributed by atoms with E-state index >= 15 is 0 Å². The molecular formula is C13H16ClFN6. The third-order valence-corrected chi connectivity index (χ3v) is 2.88. The van der Waals surface area contributed by atoms with Gasteiger partial charge in [0.05, 0.1) is 0 Å². The van der Waals surface area contributed by atoms with E-state index in [1.165, 1.54) is 12.1 Å². The quantitative estimate of drug-likeness (QED) is 0.851. The van der Waals surface area contributed by atoms with E-state index in [2.05, 4.69) is 25.6 Å². The largest absolute Gasteiger partial charge is 0.342 e. The molecule has 1 heterocycles. The highest BCUT2D eigenvalue weighted by Gasteiger charge is 2.09. The monoisotopic (exact) mass is 310 g/mol. The highest BCUT2D eigenvalue weighted by atomic mass is 35.5. The van der Waals surface area contributed by atoms with Crippen LogP contribution in [0.15, 0.2) is 24.3 Å². The number of nitrogens with zero attached hydrogens (tertiary/aromatic N) is 4. The van der Waals surface area contributed by atoms with Gasteiger partial charge in [-0.1, -0.05) is 6.07 Å². The van der Waals surface area contributed by atoms with Crippen molar-refractivity contribution in [2.24, 2.45) is 0 Å². The van der Waals surface area contributed by atoms with Crippen LogP contribution >= 0.6 is 11.6 Å². The van der Waals surface area contributed by atoms with Gasteiger partial charge in [-0.05, 0) is 36.8 Å². The minimum atomic E-state index is -0.341. The average Bonchev–Trinajstić information content (AvgIpc) is 2.44. The zero-order chi connectivity index (χ0) is 15.2. The van der Waals surface area contributed by atoms with E-state index in [1.807, 2.05) is 19.0 Å². The van der Waals surface area contributed by atoms with Crippen LogP contribution in [0.5, 0.6) is 0 Å². The van der Waals surface area contributed by atoms with Crippen LogP contribution in [-0.2, 0) is 0 Å². The predicted molar refractivity (Wildman–Crippen MR) is 81.7 cm³/mol. The highest BCUT2D eigenvalue weighted by molar-refractivity contribution is 6.28. The summed E-state index contributed by atoms with van der Waals surface area (Å²) in [5, 5.41) is 6.03. The molecule has 21 heavy (non-hydrogen) atoms. The molecule has 0 saturated carbocycles. The molecule has 0 unspecified atom stereocenters. The Morgan fingerprint density at radius 2 is 2.10 bits per heavy atom. The number of benzene rings is 1. The van der Waals surface area contributed by atoms with Gasteiger partial charge < -0.3 is 15.5 Å². The Hall–Kier alpha value is -1.99. The molecule has 0 radical (unpaired) electrons. The fourth-order valence-corrected chi connectivity index (χ4v) is 1.80. The van der Waals surface area contributed by atoms with Crippen LogP contribution in [0.1, 0.15) is 0 Å². The molecular weight excluding hydrogens is 295 g/mol. The summed E-state index contributed by atoms with van der Waals surface area (Å²) in [7, 11) is 3.72. The van der Waals surface area contributed by atoms with Crippen molar-refractivity contribution in [3.05, 3.63) is 35.4 Å². The van der Waals surface area contributed by atoms with Gasteiger partial charge in [-0.15, -0.1) is 0 Å². The molecule has 1 aromatic heterocycles. The van der Waals surface area contributed by atoms with Gasteiger partial charge >= 0.3 is 0 Å². The third kappa shape index (κ3) is 4.51. The molecule has 0 saturated heterocycles. The molecule has 0 atom stereocenters. The predicted octanol–water partition coefficient (Wildman–Crippen LogP) is 2.06. The Bertz CT molecular complexity index is 609. The summed E-state index contributed by atoms with van der Waals surface area (Å²) in [6.45, 7) is 1.50. The van der Waals surface area contributed by atoms with Crippen LogP contribution in [0.3, 0.4) is 0 Å². The number of halogens is 2. The minimum Gasteiger partial charge on any atom is -0.342 e. The van der Waals surface area contributed by atoms with Gasteiger partial charge in [0.15, 0.2) is 0 Å². The number of rotatable bonds is 6. The smallest absolute Gasteiger partial charge is 0.233 e. The van der Waals surface area contributed by atoms with Crippen molar-refractivity contribution in [3.63, 3.8) is 0 Å². The Morgan fingerprint density at radius 3 is 2.81 bits per heavy atom. The maximum Gasteiger partial charge on any atom is 0.233 e. The number of likely N-dealkylation sites (N-methyl/N-ethyl adjacent to an activating group) is 2. The Kier molecular flexibility index (Phi) is 5.24. The standard InChI is InChI=1S/C13H16ClFN6/c1-16-6-7-21(2)13-19-11(14)18-12(20-13)17-10-5-3-4-9(15)8-10/h3-5,8,16H,6-7H2,1-2H3,(H,17,18,19,20). The second-order valence-corrected chi connectivity index (χ2v) is 4.73. The molecule has 0 fully saturated rings. The molecule has 0 aliphatic carbocycles. The number of anilines is 3. The van der Waals surface area contributed by atoms with Crippen molar-refractivity contribution < 1.29 is 4.39 Å². The van der Waals surface area contributed by atoms with Gasteiger partial charge in [0.25, 0.3) is 0 Å². The fourth-order valence-electron chi connectivity index (χ4n) is 1.64. The maximum absolute atomic E-state index is 13.2. The molecule has 0 spiro atoms. The maximum atomic E-state index is 13.2. The van der Waals surface area contributed by atoms with Gasteiger partial charge in [-0.3, -0.25) is 0 Å². The lowest BCUT2D eigenvalue weighted by molar-refractivity contribution is 0.628.